The smallest absolute Gasteiger partial charge is 0.123 e. The van der Waals surface area contributed by atoms with Gasteiger partial charge in [0, 0.05) is 0 Å². The molecule has 0 aliphatic carbocycles. The van der Waals surface area contributed by atoms with Gasteiger partial charge in [-0.05, 0) is 66.6 Å². The minimum atomic E-state index is -0.294. The maximum Gasteiger partial charge on any atom is 0.123 e. The molecule has 0 amide bonds. The first-order valence-corrected chi connectivity index (χ1v) is 9.81. The molecule has 1 heterocycles. The van der Waals surface area contributed by atoms with Crippen molar-refractivity contribution < 1.29 is 9.13 Å². The highest BCUT2D eigenvalue weighted by atomic mass is 19.1. The molecule has 3 aromatic carbocycles. The van der Waals surface area contributed by atoms with E-state index in [0.29, 0.717) is 0 Å². The van der Waals surface area contributed by atoms with Gasteiger partial charge in [0.2, 0.25) is 0 Å². The van der Waals surface area contributed by atoms with Crippen molar-refractivity contribution in [2.75, 3.05) is 0 Å². The van der Waals surface area contributed by atoms with E-state index in [4.69, 9.17) is 4.74 Å². The lowest BCUT2D eigenvalue weighted by Gasteiger charge is -2.26. The molecule has 1 saturated heterocycles. The number of rotatable bonds is 4. The molecular weight excluding hydrogens is 347 g/mol. The summed E-state index contributed by atoms with van der Waals surface area (Å²) in [5, 5.41) is 0. The zero-order valence-corrected chi connectivity index (χ0v) is 16.4. The van der Waals surface area contributed by atoms with E-state index in [1.807, 2.05) is 6.07 Å². The lowest BCUT2D eigenvalue weighted by Crippen LogP contribution is -2.24. The molecule has 0 N–H and O–H groups in total. The fourth-order valence-corrected chi connectivity index (χ4v) is 3.85. The first-order valence-electron chi connectivity index (χ1n) is 9.81. The van der Waals surface area contributed by atoms with Crippen molar-refractivity contribution >= 4 is 6.08 Å². The molecule has 2 atom stereocenters. The van der Waals surface area contributed by atoms with Gasteiger partial charge in [-0.2, -0.15) is 0 Å². The van der Waals surface area contributed by atoms with Gasteiger partial charge in [0.25, 0.3) is 0 Å². The van der Waals surface area contributed by atoms with Crippen molar-refractivity contribution in [1.29, 1.82) is 0 Å². The third-order valence-corrected chi connectivity index (χ3v) is 5.76. The molecule has 1 nitrogen and oxygen atoms in total. The van der Waals surface area contributed by atoms with Crippen LogP contribution in [0.2, 0.25) is 0 Å². The van der Waals surface area contributed by atoms with E-state index in [0.717, 1.165) is 18.4 Å². The summed E-state index contributed by atoms with van der Waals surface area (Å²) in [7, 11) is 0. The van der Waals surface area contributed by atoms with Crippen LogP contribution in [-0.4, -0.2) is 5.60 Å². The summed E-state index contributed by atoms with van der Waals surface area (Å²) < 4.78 is 19.6. The molecular formula is C26H25FO. The molecule has 0 saturated carbocycles. The molecule has 1 aliphatic rings. The Morgan fingerprint density at radius 2 is 1.57 bits per heavy atom. The van der Waals surface area contributed by atoms with E-state index < -0.39 is 0 Å². The monoisotopic (exact) mass is 372 g/mol. The number of hydrogen-bond donors (Lipinski definition) is 0. The Morgan fingerprint density at radius 3 is 2.25 bits per heavy atom. The second kappa shape index (κ2) is 7.73. The van der Waals surface area contributed by atoms with Crippen LogP contribution in [0.3, 0.4) is 0 Å². The van der Waals surface area contributed by atoms with Crippen LogP contribution in [-0.2, 0) is 4.74 Å². The molecule has 0 bridgehead atoms. The number of benzene rings is 3. The highest BCUT2D eigenvalue weighted by molar-refractivity contribution is 5.63. The van der Waals surface area contributed by atoms with Gasteiger partial charge in [-0.3, -0.25) is 0 Å². The van der Waals surface area contributed by atoms with Crippen molar-refractivity contribution in [2.24, 2.45) is 0 Å². The van der Waals surface area contributed by atoms with E-state index in [9.17, 15) is 4.39 Å². The van der Waals surface area contributed by atoms with E-state index in [-0.39, 0.29) is 17.5 Å². The molecule has 2 heteroatoms. The molecule has 28 heavy (non-hydrogen) atoms. The zero-order chi connectivity index (χ0) is 19.6. The van der Waals surface area contributed by atoms with Gasteiger partial charge in [0.1, 0.15) is 5.82 Å². The summed E-state index contributed by atoms with van der Waals surface area (Å²) in [6, 6.07) is 25.7. The van der Waals surface area contributed by atoms with Crippen molar-refractivity contribution in [3.05, 3.63) is 101 Å². The predicted octanol–water partition coefficient (Wildman–Crippen LogP) is 7.21. The van der Waals surface area contributed by atoms with Gasteiger partial charge in [0.05, 0.1) is 11.7 Å². The Bertz CT molecular complexity index is 958. The normalized spacial score (nSPS) is 22.4. The van der Waals surface area contributed by atoms with Crippen LogP contribution in [0, 0.1) is 5.82 Å². The van der Waals surface area contributed by atoms with Crippen LogP contribution in [0.1, 0.15) is 43.9 Å². The van der Waals surface area contributed by atoms with Gasteiger partial charge >= 0.3 is 0 Å². The van der Waals surface area contributed by atoms with Crippen LogP contribution in [0.5, 0.6) is 0 Å². The third kappa shape index (κ3) is 3.93. The number of ether oxygens (including phenoxy) is 1. The Kier molecular flexibility index (Phi) is 5.15. The predicted molar refractivity (Wildman–Crippen MR) is 113 cm³/mol. The van der Waals surface area contributed by atoms with E-state index in [1.165, 1.54) is 34.4 Å². The summed E-state index contributed by atoms with van der Waals surface area (Å²) in [6.45, 7) is 4.25. The lowest BCUT2D eigenvalue weighted by atomic mass is 9.91. The van der Waals surface area contributed by atoms with E-state index in [1.54, 1.807) is 12.1 Å². The molecule has 142 valence electrons. The lowest BCUT2D eigenvalue weighted by molar-refractivity contribution is -0.00335. The molecule has 0 radical (unpaired) electrons. The van der Waals surface area contributed by atoms with Crippen LogP contribution in [0.4, 0.5) is 4.39 Å². The van der Waals surface area contributed by atoms with Gasteiger partial charge < -0.3 is 4.74 Å². The fourth-order valence-electron chi connectivity index (χ4n) is 3.85. The molecule has 3 aromatic rings. The summed E-state index contributed by atoms with van der Waals surface area (Å²) in [5.74, 6) is -0.211. The Hall–Kier alpha value is -2.71. The second-order valence-corrected chi connectivity index (χ2v) is 7.74. The molecule has 1 aliphatic heterocycles. The van der Waals surface area contributed by atoms with Gasteiger partial charge in [-0.25, -0.2) is 4.39 Å². The minimum Gasteiger partial charge on any atom is -0.363 e. The number of halogens is 1. The first kappa shape index (κ1) is 18.6. The topological polar surface area (TPSA) is 9.23 Å². The fraction of sp³-hybridized carbons (Fsp3) is 0.231. The van der Waals surface area contributed by atoms with Crippen molar-refractivity contribution in [1.82, 2.24) is 0 Å². The molecule has 2 unspecified atom stereocenters. The second-order valence-electron chi connectivity index (χ2n) is 7.74. The SMILES string of the molecule is C/C(=C\c1ccc(F)cc1)C1(C)CCC(c2ccc(-c3ccccc3)cc2)O1. The summed E-state index contributed by atoms with van der Waals surface area (Å²) in [6.07, 6.45) is 4.17. The maximum absolute atomic E-state index is 13.1. The first-order chi connectivity index (χ1) is 13.5. The van der Waals surface area contributed by atoms with Crippen LogP contribution in [0.25, 0.3) is 17.2 Å². The highest BCUT2D eigenvalue weighted by Gasteiger charge is 2.37. The maximum atomic E-state index is 13.1. The van der Waals surface area contributed by atoms with E-state index >= 15 is 0 Å². The van der Waals surface area contributed by atoms with Gasteiger partial charge in [0.15, 0.2) is 0 Å². The third-order valence-electron chi connectivity index (χ3n) is 5.76. The average molecular weight is 372 g/mol. The summed E-state index contributed by atoms with van der Waals surface area (Å²) in [4.78, 5) is 0. The van der Waals surface area contributed by atoms with Crippen molar-refractivity contribution in [3.63, 3.8) is 0 Å². The molecule has 0 spiro atoms. The summed E-state index contributed by atoms with van der Waals surface area (Å²) in [5.41, 5.74) is 5.54. The molecule has 0 aromatic heterocycles. The van der Waals surface area contributed by atoms with Crippen LogP contribution in [0.15, 0.2) is 84.4 Å². The molecule has 1 fully saturated rings. The van der Waals surface area contributed by atoms with Crippen LogP contribution >= 0.6 is 0 Å². The summed E-state index contributed by atoms with van der Waals surface area (Å²) >= 11 is 0. The average Bonchev–Trinajstić information content (AvgIpc) is 3.14. The van der Waals surface area contributed by atoms with Gasteiger partial charge in [-0.15, -0.1) is 0 Å². The highest BCUT2D eigenvalue weighted by Crippen LogP contribution is 2.43. The standard InChI is InChI=1S/C26H25FO/c1-19(18-20-8-14-24(27)15-9-20)26(2)17-16-25(28-26)23-12-10-22(11-13-23)21-6-4-3-5-7-21/h3-15,18,25H,16-17H2,1-2H3/b19-18+. The minimum absolute atomic E-state index is 0.103. The quantitative estimate of drug-likeness (QED) is 0.470. The number of hydrogen-bond acceptors (Lipinski definition) is 1. The Labute approximate surface area is 166 Å². The van der Waals surface area contributed by atoms with Crippen molar-refractivity contribution in [2.45, 2.75) is 38.4 Å². The van der Waals surface area contributed by atoms with Gasteiger partial charge in [-0.1, -0.05) is 72.8 Å². The Morgan fingerprint density at radius 1 is 0.929 bits per heavy atom. The molecule has 4 rings (SSSR count). The van der Waals surface area contributed by atoms with Crippen molar-refractivity contribution in [3.8, 4) is 11.1 Å². The Balaban J connectivity index is 1.49. The van der Waals surface area contributed by atoms with E-state index in [2.05, 4.69) is 68.5 Å². The largest absolute Gasteiger partial charge is 0.363 e. The zero-order valence-electron chi connectivity index (χ0n) is 16.4. The van der Waals surface area contributed by atoms with Crippen LogP contribution < -0.4 is 0 Å².